The largest absolute Gasteiger partial charge is 0.392 e. The van der Waals surface area contributed by atoms with Gasteiger partial charge in [-0.05, 0) is 60.6 Å². The van der Waals surface area contributed by atoms with Crippen molar-refractivity contribution in [1.29, 1.82) is 0 Å². The molecule has 0 amide bonds. The van der Waals surface area contributed by atoms with Gasteiger partial charge in [0.05, 0.1) is 35.1 Å². The molecule has 0 atom stereocenters. The quantitative estimate of drug-likeness (QED) is 0.280. The van der Waals surface area contributed by atoms with Gasteiger partial charge in [-0.1, -0.05) is 25.1 Å². The van der Waals surface area contributed by atoms with E-state index >= 15 is 0 Å². The molecular formula is C35H35N7O3. The number of nitrogens with one attached hydrogen (secondary N) is 1. The SMILES string of the molecule is CCN1CCN(c2ccc(Nc3cc(-c4cccc(-n5ccc6c(cc7ccccn76)c5=O)c4CO)cn(C)c3=O)nc2)CC1. The first-order valence-electron chi connectivity index (χ1n) is 15.2. The Morgan fingerprint density at radius 3 is 2.51 bits per heavy atom. The minimum absolute atomic E-state index is 0.173. The number of aryl methyl sites for hydroxylation is 1. The molecule has 1 saturated heterocycles. The fraction of sp³-hybridized carbons (Fsp3) is 0.229. The third-order valence-electron chi connectivity index (χ3n) is 8.81. The summed E-state index contributed by atoms with van der Waals surface area (Å²) >= 11 is 0. The van der Waals surface area contributed by atoms with Gasteiger partial charge in [-0.15, -0.1) is 0 Å². The maximum absolute atomic E-state index is 13.7. The molecule has 6 aromatic rings. The van der Waals surface area contributed by atoms with Gasteiger partial charge < -0.3 is 29.2 Å². The molecule has 6 heterocycles. The molecule has 0 aliphatic carbocycles. The molecule has 0 saturated carbocycles. The number of piperazine rings is 1. The Balaban J connectivity index is 1.22. The molecule has 0 radical (unpaired) electrons. The van der Waals surface area contributed by atoms with E-state index in [1.807, 2.05) is 77.5 Å². The molecule has 1 aromatic carbocycles. The summed E-state index contributed by atoms with van der Waals surface area (Å²) in [5.41, 5.74) is 5.40. The Hall–Kier alpha value is -5.19. The van der Waals surface area contributed by atoms with Gasteiger partial charge in [0.25, 0.3) is 11.1 Å². The molecule has 5 aromatic heterocycles. The highest BCUT2D eigenvalue weighted by Crippen LogP contribution is 2.30. The minimum atomic E-state index is -0.297. The second kappa shape index (κ2) is 11.7. The third kappa shape index (κ3) is 5.17. The summed E-state index contributed by atoms with van der Waals surface area (Å²) in [7, 11) is 1.70. The van der Waals surface area contributed by atoms with E-state index in [1.54, 1.807) is 30.1 Å². The number of likely N-dealkylation sites (N-methyl/N-ethyl adjacent to an activating group) is 1. The zero-order valence-corrected chi connectivity index (χ0v) is 25.3. The van der Waals surface area contributed by atoms with Crippen molar-refractivity contribution in [2.75, 3.05) is 42.9 Å². The molecule has 0 unspecified atom stereocenters. The van der Waals surface area contributed by atoms with Crippen molar-refractivity contribution in [3.05, 3.63) is 118 Å². The first kappa shape index (κ1) is 28.6. The topological polar surface area (TPSA) is 100 Å². The highest BCUT2D eigenvalue weighted by atomic mass is 16.3. The Labute approximate surface area is 260 Å². The van der Waals surface area contributed by atoms with Crippen LogP contribution >= 0.6 is 0 Å². The average Bonchev–Trinajstić information content (AvgIpc) is 3.47. The second-order valence-corrected chi connectivity index (χ2v) is 11.4. The van der Waals surface area contributed by atoms with Crippen LogP contribution in [0.4, 0.5) is 17.2 Å². The van der Waals surface area contributed by atoms with E-state index in [-0.39, 0.29) is 17.7 Å². The van der Waals surface area contributed by atoms with Crippen LogP contribution in [0.5, 0.6) is 0 Å². The number of nitrogens with zero attached hydrogens (tertiary/aromatic N) is 6. The molecule has 1 aliphatic heterocycles. The van der Waals surface area contributed by atoms with Crippen LogP contribution in [0.2, 0.25) is 0 Å². The van der Waals surface area contributed by atoms with Crippen molar-refractivity contribution in [2.24, 2.45) is 7.05 Å². The van der Waals surface area contributed by atoms with E-state index in [0.717, 1.165) is 60.6 Å². The lowest BCUT2D eigenvalue weighted by Crippen LogP contribution is -2.46. The van der Waals surface area contributed by atoms with Gasteiger partial charge in [-0.25, -0.2) is 4.98 Å². The fourth-order valence-electron chi connectivity index (χ4n) is 6.31. The standard InChI is InChI=1S/C35H35N7O3/c1-3-39-15-17-40(18-16-39)26-10-11-33(36-21-26)37-30-19-24(22-38(2)35(30)45)27-8-6-9-31(29(27)23-43)42-14-12-32-28(34(42)44)20-25-7-4-5-13-41(25)32/h4-14,19-22,43H,3,15-18,23H2,1-2H3,(H,36,37). The van der Waals surface area contributed by atoms with Crippen LogP contribution < -0.4 is 21.3 Å². The van der Waals surface area contributed by atoms with Crippen LogP contribution in [0.1, 0.15) is 12.5 Å². The van der Waals surface area contributed by atoms with Gasteiger partial charge in [0.15, 0.2) is 0 Å². The first-order chi connectivity index (χ1) is 21.9. The fourth-order valence-corrected chi connectivity index (χ4v) is 6.31. The Morgan fingerprint density at radius 2 is 1.76 bits per heavy atom. The molecule has 1 aliphatic rings. The molecule has 45 heavy (non-hydrogen) atoms. The van der Waals surface area contributed by atoms with Crippen molar-refractivity contribution < 1.29 is 5.11 Å². The van der Waals surface area contributed by atoms with Gasteiger partial charge in [-0.3, -0.25) is 14.2 Å². The van der Waals surface area contributed by atoms with Crippen molar-refractivity contribution in [3.8, 4) is 16.8 Å². The molecule has 7 rings (SSSR count). The lowest BCUT2D eigenvalue weighted by Gasteiger charge is -2.35. The maximum atomic E-state index is 13.7. The number of hydrogen-bond donors (Lipinski definition) is 2. The zero-order chi connectivity index (χ0) is 31.1. The van der Waals surface area contributed by atoms with Crippen LogP contribution in [-0.4, -0.2) is 61.2 Å². The van der Waals surface area contributed by atoms with Gasteiger partial charge in [0.2, 0.25) is 0 Å². The normalized spacial score (nSPS) is 14.0. The predicted molar refractivity (Wildman–Crippen MR) is 179 cm³/mol. The number of hydrogen-bond acceptors (Lipinski definition) is 7. The van der Waals surface area contributed by atoms with Crippen LogP contribution in [0.25, 0.3) is 33.2 Å². The third-order valence-corrected chi connectivity index (χ3v) is 8.81. The number of benzene rings is 1. The van der Waals surface area contributed by atoms with Crippen molar-refractivity contribution in [2.45, 2.75) is 13.5 Å². The van der Waals surface area contributed by atoms with E-state index in [9.17, 15) is 14.7 Å². The maximum Gasteiger partial charge on any atom is 0.274 e. The zero-order valence-electron chi connectivity index (χ0n) is 25.3. The minimum Gasteiger partial charge on any atom is -0.392 e. The van der Waals surface area contributed by atoms with E-state index in [0.29, 0.717) is 28.1 Å². The van der Waals surface area contributed by atoms with Gasteiger partial charge >= 0.3 is 0 Å². The number of pyridine rings is 4. The number of rotatable bonds is 7. The second-order valence-electron chi connectivity index (χ2n) is 11.4. The summed E-state index contributed by atoms with van der Waals surface area (Å²) in [6.45, 7) is 6.93. The monoisotopic (exact) mass is 601 g/mol. The van der Waals surface area contributed by atoms with Gasteiger partial charge in [0, 0.05) is 68.5 Å². The Kier molecular flexibility index (Phi) is 7.44. The first-order valence-corrected chi connectivity index (χ1v) is 15.2. The number of anilines is 3. The highest BCUT2D eigenvalue weighted by molar-refractivity contribution is 5.86. The van der Waals surface area contributed by atoms with Crippen molar-refractivity contribution >= 4 is 33.6 Å². The summed E-state index contributed by atoms with van der Waals surface area (Å²) in [6, 6.07) is 20.9. The van der Waals surface area contributed by atoms with Crippen LogP contribution in [0.15, 0.2) is 101 Å². The smallest absolute Gasteiger partial charge is 0.274 e. The van der Waals surface area contributed by atoms with Crippen molar-refractivity contribution in [1.82, 2.24) is 23.4 Å². The molecule has 0 bridgehead atoms. The lowest BCUT2D eigenvalue weighted by atomic mass is 9.99. The average molecular weight is 602 g/mol. The number of fused-ring (bicyclic) bond motifs is 3. The number of aromatic nitrogens is 4. The Morgan fingerprint density at radius 1 is 0.911 bits per heavy atom. The van der Waals surface area contributed by atoms with E-state index in [4.69, 9.17) is 0 Å². The van der Waals surface area contributed by atoms with E-state index in [2.05, 4.69) is 27.0 Å². The summed E-state index contributed by atoms with van der Waals surface area (Å²) in [5, 5.41) is 14.4. The van der Waals surface area contributed by atoms with Gasteiger partial charge in [-0.2, -0.15) is 0 Å². The highest BCUT2D eigenvalue weighted by Gasteiger charge is 2.18. The van der Waals surface area contributed by atoms with E-state index < -0.39 is 0 Å². The van der Waals surface area contributed by atoms with Crippen molar-refractivity contribution in [3.63, 3.8) is 0 Å². The molecule has 10 heteroatoms. The molecule has 10 nitrogen and oxygen atoms in total. The number of aliphatic hydroxyl groups is 1. The van der Waals surface area contributed by atoms with Gasteiger partial charge in [0.1, 0.15) is 11.5 Å². The molecule has 228 valence electrons. The lowest BCUT2D eigenvalue weighted by molar-refractivity contribution is 0.271. The molecule has 1 fully saturated rings. The summed E-state index contributed by atoms with van der Waals surface area (Å²) in [6.07, 6.45) is 7.26. The molecule has 2 N–H and O–H groups in total. The summed E-state index contributed by atoms with van der Waals surface area (Å²) in [5.74, 6) is 0.566. The van der Waals surface area contributed by atoms with Crippen LogP contribution in [0, 0.1) is 0 Å². The molecule has 0 spiro atoms. The van der Waals surface area contributed by atoms with Crippen LogP contribution in [0.3, 0.4) is 0 Å². The Bertz CT molecular complexity index is 2140. The van der Waals surface area contributed by atoms with Crippen LogP contribution in [-0.2, 0) is 13.7 Å². The van der Waals surface area contributed by atoms with E-state index in [1.165, 1.54) is 4.57 Å². The summed E-state index contributed by atoms with van der Waals surface area (Å²) in [4.78, 5) is 36.3. The molecular weight excluding hydrogens is 566 g/mol. The summed E-state index contributed by atoms with van der Waals surface area (Å²) < 4.78 is 5.07. The number of aliphatic hydroxyl groups excluding tert-OH is 1. The predicted octanol–water partition coefficient (Wildman–Crippen LogP) is 4.38.